The highest BCUT2D eigenvalue weighted by Gasteiger charge is 2.22. The molecule has 0 bridgehead atoms. The van der Waals surface area contributed by atoms with Crippen molar-refractivity contribution in [1.82, 2.24) is 45.1 Å². The molecule has 135 heavy (non-hydrogen) atoms. The molecule has 0 fully saturated rings. The van der Waals surface area contributed by atoms with Gasteiger partial charge in [-0.3, -0.25) is 14.4 Å². The molecule has 0 radical (unpaired) electrons. The number of anilines is 2. The average molecular weight is 1990 g/mol. The van der Waals surface area contributed by atoms with Crippen LogP contribution in [0.4, 0.5) is 21.5 Å². The van der Waals surface area contributed by atoms with Crippen LogP contribution in [0.25, 0.3) is 0 Å². The number of carbonyl (C=O) groups excluding carboxylic acids is 7. The van der Waals surface area contributed by atoms with E-state index >= 15 is 0 Å². The van der Waals surface area contributed by atoms with Crippen molar-refractivity contribution in [3.8, 4) is 17.6 Å². The van der Waals surface area contributed by atoms with Crippen LogP contribution in [-0.4, -0.2) is 241 Å². The monoisotopic (exact) mass is 1990 g/mol. The van der Waals surface area contributed by atoms with E-state index in [1.54, 1.807) is 139 Å². The highest BCUT2D eigenvalue weighted by atomic mass is 35.5. The van der Waals surface area contributed by atoms with Crippen LogP contribution in [0.15, 0.2) is 132 Å². The summed E-state index contributed by atoms with van der Waals surface area (Å²) in [5, 5.41) is 21.7. The number of esters is 5. The molecule has 0 spiro atoms. The number of aliphatic hydroxyl groups excluding tert-OH is 1. The van der Waals surface area contributed by atoms with Gasteiger partial charge in [0.2, 0.25) is 34.8 Å². The summed E-state index contributed by atoms with van der Waals surface area (Å²) >= 11 is 17.0. The summed E-state index contributed by atoms with van der Waals surface area (Å²) in [5.41, 5.74) is 17.1. The van der Waals surface area contributed by atoms with Gasteiger partial charge in [-0.15, -0.1) is 12.4 Å². The van der Waals surface area contributed by atoms with Gasteiger partial charge in [-0.25, -0.2) is 38.9 Å². The summed E-state index contributed by atoms with van der Waals surface area (Å²) in [7, 11) is 12.5. The van der Waals surface area contributed by atoms with Crippen LogP contribution in [0.5, 0.6) is 17.6 Å². The molecule has 6 rings (SSSR count). The summed E-state index contributed by atoms with van der Waals surface area (Å²) in [6, 6.07) is 22.9. The maximum Gasteiger partial charge on any atom is 0.407 e. The van der Waals surface area contributed by atoms with Crippen LogP contribution in [0.2, 0.25) is 15.3 Å². The van der Waals surface area contributed by atoms with E-state index in [9.17, 15) is 38.4 Å². The molecule has 6 aromatic rings. The summed E-state index contributed by atoms with van der Waals surface area (Å²) in [5.74, 6) is -0.308. The Morgan fingerprint density at radius 3 is 1.22 bits per heavy atom. The number of alkyl carbamates (subject to hydrolysis) is 2. The fourth-order valence-electron chi connectivity index (χ4n) is 9.22. The van der Waals surface area contributed by atoms with Gasteiger partial charge >= 0.3 is 42.0 Å². The highest BCUT2D eigenvalue weighted by Crippen LogP contribution is 2.21. The minimum atomic E-state index is -0.707. The van der Waals surface area contributed by atoms with Gasteiger partial charge in [0, 0.05) is 120 Å². The number of carbonyl (C=O) groups is 7. The number of nitrogens with two attached hydrogens (primary N) is 3. The molecular formula is C93H152Cl4N14O24. The number of amides is 2. The molecule has 0 aliphatic carbocycles. The summed E-state index contributed by atoms with van der Waals surface area (Å²) in [4.78, 5) is 115. The maximum absolute atomic E-state index is 12.4. The molecule has 2 amide bonds. The average Bonchev–Trinajstić information content (AvgIpc) is 0.810. The van der Waals surface area contributed by atoms with E-state index in [0.717, 1.165) is 100.0 Å². The first-order chi connectivity index (χ1) is 63.7. The van der Waals surface area contributed by atoms with Gasteiger partial charge in [-0.2, -0.15) is 15.0 Å². The number of pyridine rings is 1. The third kappa shape index (κ3) is 75.5. The number of aromatic nitrogens is 7. The number of rotatable bonds is 43. The van der Waals surface area contributed by atoms with E-state index in [1.807, 2.05) is 98.7 Å². The van der Waals surface area contributed by atoms with Crippen molar-refractivity contribution < 1.29 is 110 Å². The number of nitrogens with one attached hydrogen (secondary N) is 4. The molecule has 0 aliphatic heterocycles. The van der Waals surface area contributed by atoms with E-state index in [2.05, 4.69) is 65.4 Å². The molecule has 0 saturated heterocycles. The Morgan fingerprint density at radius 1 is 0.504 bits per heavy atom. The van der Waals surface area contributed by atoms with E-state index < -0.39 is 41.0 Å². The van der Waals surface area contributed by atoms with Crippen molar-refractivity contribution in [3.63, 3.8) is 0 Å². The minimum absolute atomic E-state index is 0. The molecule has 2 aromatic carbocycles. The Balaban J connectivity index is -0.000000472. The number of unbranched alkanes of at least 4 members (excludes halogenated alkanes) is 6. The first-order valence-electron chi connectivity index (χ1n) is 43.8. The number of aliphatic hydroxyl groups is 1. The Bertz CT molecular complexity index is 4120. The molecular weight excluding hydrogens is 1840 g/mol. The lowest BCUT2D eigenvalue weighted by Crippen LogP contribution is -2.33. The van der Waals surface area contributed by atoms with E-state index in [-0.39, 0.29) is 117 Å². The molecule has 0 saturated carbocycles. The van der Waals surface area contributed by atoms with Crippen LogP contribution >= 0.6 is 47.2 Å². The molecule has 4 heterocycles. The van der Waals surface area contributed by atoms with Gasteiger partial charge in [-0.1, -0.05) is 67.2 Å². The first kappa shape index (κ1) is 133. The van der Waals surface area contributed by atoms with Crippen LogP contribution in [0, 0.1) is 0 Å². The van der Waals surface area contributed by atoms with E-state index in [4.69, 9.17) is 114 Å². The number of nitrogens with zero attached hydrogens (tertiary/aromatic N) is 7. The van der Waals surface area contributed by atoms with Crippen molar-refractivity contribution >= 4 is 101 Å². The Hall–Kier alpha value is -10.4. The molecule has 0 aliphatic rings. The van der Waals surface area contributed by atoms with Crippen LogP contribution in [0.1, 0.15) is 214 Å². The molecule has 42 heteroatoms. The quantitative estimate of drug-likeness (QED) is 0.00168. The Kier molecular flexibility index (Phi) is 84.1. The number of ether oxygens (including phenoxy) is 15. The molecule has 3 atom stereocenters. The molecule has 3 unspecified atom stereocenters. The van der Waals surface area contributed by atoms with E-state index in [1.165, 1.54) is 49.5 Å². The van der Waals surface area contributed by atoms with Gasteiger partial charge in [0.15, 0.2) is 12.6 Å². The number of halogens is 4. The van der Waals surface area contributed by atoms with Crippen molar-refractivity contribution in [3.05, 3.63) is 170 Å². The maximum atomic E-state index is 12.4. The second kappa shape index (κ2) is 85.3. The van der Waals surface area contributed by atoms with Crippen LogP contribution in [0.3, 0.4) is 0 Å². The Morgan fingerprint density at radius 2 is 0.881 bits per heavy atom. The van der Waals surface area contributed by atoms with Crippen molar-refractivity contribution in [2.24, 2.45) is 17.2 Å². The van der Waals surface area contributed by atoms with Gasteiger partial charge in [0.1, 0.15) is 28.8 Å². The lowest BCUT2D eigenvalue weighted by molar-refractivity contribution is -0.179. The zero-order valence-corrected chi connectivity index (χ0v) is 86.0. The van der Waals surface area contributed by atoms with Crippen LogP contribution < -0.4 is 58.2 Å². The second-order valence-electron chi connectivity index (χ2n) is 29.3. The summed E-state index contributed by atoms with van der Waals surface area (Å²) in [6.45, 7) is 32.6. The smallest absolute Gasteiger partial charge is 0.407 e. The molecule has 4 aromatic heterocycles. The number of hydrogen-bond acceptors (Lipinski definition) is 35. The first-order valence-corrected chi connectivity index (χ1v) is 44.9. The number of benzene rings is 2. The summed E-state index contributed by atoms with van der Waals surface area (Å²) in [6.07, 6.45) is 19.5. The standard InChI is InChI=1S/C16H16ClNO3.C15H26N4O3.C11H16O5.C10H18N4O.C10H22N2O2.C8H10ClN.C7H16O4.C7H12O4.C5H5ClN2O.C4H10O.ClH/c1-3-21-16(20)14-5-4-10-18(15(14)19)11(2)12-6-8-13(17)9-7-12;1-15(2,3)22-14(20)18-10-7-5-6-9-16-13-17-11-8-12(19-13)21-4;1-4-15-10(12)9(7-6-8-14-3)11(13)16-5-2;1-15-9-5-8-13-10(14-9)12-7-4-2-3-6-11;1-10(2,3)14-9(13)12-8-6-4-5-7-11;1-6(10)7-2-4-8(9)5-3-7;1-8-6(9-2)5-7(10-3)11-4;1-3-10-6(8)5-7(9)11-4-2;1-9-4-2-3-7-5(6)8-4;1-3-4(2)5;/h4-11H,3H2,1-2H3;8,11H,5-7,9-10H2,1-4H3,(H,18,20)(H,16,17,19);6-8H,4-5H2,1-3H3;5,8H,2-4,6-7,11H2,1H3,(H,12,13,14);4-8,11H2,1-3H3,(H,12,13);2-6H,10H2,1H3;6-7H,5H2,1-4H3;3-5H2,1-2H3;2-3H,1H3;4-5H,3H2,1-2H3;1H/b;;8-6+;;;;;;;;. The predicted molar refractivity (Wildman–Crippen MR) is 527 cm³/mol. The van der Waals surface area contributed by atoms with Gasteiger partial charge in [-0.05, 0) is 233 Å². The topological polar surface area (TPSA) is 504 Å². The van der Waals surface area contributed by atoms with Crippen LogP contribution in [-0.2, 0) is 76.0 Å². The SMILES string of the molecule is CC(C)(C)OC(=O)NCCCCCN.CC(N)c1ccc(Cl)cc1.CCC(C)O.CCOC(=O)C(=C/C=C/OC)C(=O)OCC.CCOC(=O)CC(=O)OCC.CCOC(=O)c1cccn(C(C)c2ccc(Cl)cc2)c1=O.COC(CC(OC)OC)OC.COc1ccnc(Cl)n1.COc1ccnc(NCCCCCN)n1.COc1ccnc(NCCCCCNC(=O)OC(C)(C)C)n1.Cl. The normalized spacial score (nSPS) is 10.8. The fourth-order valence-corrected chi connectivity index (χ4v) is 9.61. The summed E-state index contributed by atoms with van der Waals surface area (Å²) < 4.78 is 74.3. The Labute approximate surface area is 819 Å². The zero-order valence-electron chi connectivity index (χ0n) is 82.9. The van der Waals surface area contributed by atoms with Gasteiger partial charge in [0.25, 0.3) is 5.56 Å². The largest absolute Gasteiger partial charge is 0.504 e. The lowest BCUT2D eigenvalue weighted by atomic mass is 10.1. The molecule has 38 nitrogen and oxygen atoms in total. The van der Waals surface area contributed by atoms with E-state index in [0.29, 0.717) is 60.6 Å². The highest BCUT2D eigenvalue weighted by molar-refractivity contribution is 6.31. The third-order valence-corrected chi connectivity index (χ3v) is 16.7. The number of methoxy groups -OCH3 is 8. The van der Waals surface area contributed by atoms with Crippen molar-refractivity contribution in [2.45, 2.75) is 223 Å². The van der Waals surface area contributed by atoms with Crippen molar-refractivity contribution in [1.29, 1.82) is 0 Å². The van der Waals surface area contributed by atoms with Gasteiger partial charge < -0.3 is 119 Å². The molecule has 766 valence electrons. The third-order valence-electron chi connectivity index (χ3n) is 16.0. The van der Waals surface area contributed by atoms with Gasteiger partial charge in [0.05, 0.1) is 79.9 Å². The molecule has 11 N–H and O–H groups in total. The zero-order chi connectivity index (χ0) is 102. The lowest BCUT2D eigenvalue weighted by Gasteiger charge is -2.19. The van der Waals surface area contributed by atoms with Crippen molar-refractivity contribution in [2.75, 3.05) is 140 Å². The predicted octanol–water partition coefficient (Wildman–Crippen LogP) is 15.6. The second-order valence-corrected chi connectivity index (χ2v) is 30.5. The minimum Gasteiger partial charge on any atom is -0.504 e. The fraction of sp³-hybridized carbons (Fsp3) is 0.570. The number of allylic oxidation sites excluding steroid dienone is 2. The number of hydrogen-bond donors (Lipinski definition) is 8.